The maximum atomic E-state index is 13.2. The molecule has 7 nitrogen and oxygen atoms in total. The van der Waals surface area contributed by atoms with Crippen LogP contribution >= 0.6 is 0 Å². The molecule has 3 rings (SSSR count). The maximum Gasteiger partial charge on any atom is 0.257 e. The van der Waals surface area contributed by atoms with Crippen LogP contribution in [0.2, 0.25) is 0 Å². The number of piperidine rings is 1. The summed E-state index contributed by atoms with van der Waals surface area (Å²) in [4.78, 5) is 29.6. The average molecular weight is 363 g/mol. The molecule has 0 bridgehead atoms. The number of methoxy groups -OCH3 is 1. The van der Waals surface area contributed by atoms with Crippen molar-refractivity contribution in [2.75, 3.05) is 53.0 Å². The lowest BCUT2D eigenvalue weighted by atomic mass is 9.78. The van der Waals surface area contributed by atoms with E-state index in [2.05, 4.69) is 5.32 Å². The zero-order valence-corrected chi connectivity index (χ0v) is 16.0. The first kappa shape index (κ1) is 18.9. The summed E-state index contributed by atoms with van der Waals surface area (Å²) in [6, 6.07) is 1.79. The Morgan fingerprint density at radius 1 is 1.15 bits per heavy atom. The highest BCUT2D eigenvalue weighted by Crippen LogP contribution is 2.32. The number of furan rings is 1. The van der Waals surface area contributed by atoms with Crippen molar-refractivity contribution < 1.29 is 18.7 Å². The predicted molar refractivity (Wildman–Crippen MR) is 97.1 cm³/mol. The average Bonchev–Trinajstić information content (AvgIpc) is 3.00. The lowest BCUT2D eigenvalue weighted by Crippen LogP contribution is -2.57. The molecule has 144 valence electrons. The first-order valence-electron chi connectivity index (χ1n) is 9.32. The molecule has 2 saturated heterocycles. The standard InChI is InChI=1S/C19H29N3O4/c1-14-12-16(15(2)26-14)17(23)21-8-10-22(11-9-21)18(24)19(13-25-3)4-6-20-7-5-19/h12,20H,4-11,13H2,1-3H3. The smallest absolute Gasteiger partial charge is 0.257 e. The second kappa shape index (κ2) is 7.80. The van der Waals surface area contributed by atoms with E-state index in [1.54, 1.807) is 13.2 Å². The number of carbonyl (C=O) groups is 2. The lowest BCUT2D eigenvalue weighted by Gasteiger charge is -2.42. The molecule has 1 aromatic heterocycles. The third kappa shape index (κ3) is 3.64. The molecule has 3 heterocycles. The van der Waals surface area contributed by atoms with Gasteiger partial charge in [-0.15, -0.1) is 0 Å². The number of nitrogens with one attached hydrogen (secondary N) is 1. The van der Waals surface area contributed by atoms with E-state index < -0.39 is 5.41 Å². The van der Waals surface area contributed by atoms with Gasteiger partial charge >= 0.3 is 0 Å². The Balaban J connectivity index is 1.63. The van der Waals surface area contributed by atoms with E-state index in [0.717, 1.165) is 31.7 Å². The third-order valence-corrected chi connectivity index (χ3v) is 5.56. The quantitative estimate of drug-likeness (QED) is 0.870. The zero-order chi connectivity index (χ0) is 18.7. The fourth-order valence-corrected chi connectivity index (χ4v) is 4.06. The monoisotopic (exact) mass is 363 g/mol. The van der Waals surface area contributed by atoms with Gasteiger partial charge in [-0.05, 0) is 45.8 Å². The molecule has 26 heavy (non-hydrogen) atoms. The molecule has 0 aromatic carbocycles. The number of hydrogen-bond donors (Lipinski definition) is 1. The molecule has 0 radical (unpaired) electrons. The number of hydrogen-bond acceptors (Lipinski definition) is 5. The van der Waals surface area contributed by atoms with Crippen LogP contribution in [-0.4, -0.2) is 74.6 Å². The van der Waals surface area contributed by atoms with Crippen LogP contribution in [0.4, 0.5) is 0 Å². The molecule has 0 unspecified atom stereocenters. The van der Waals surface area contributed by atoms with E-state index in [9.17, 15) is 9.59 Å². The first-order chi connectivity index (χ1) is 12.5. The maximum absolute atomic E-state index is 13.2. The van der Waals surface area contributed by atoms with Crippen molar-refractivity contribution in [2.45, 2.75) is 26.7 Å². The van der Waals surface area contributed by atoms with Gasteiger partial charge in [-0.2, -0.15) is 0 Å². The third-order valence-electron chi connectivity index (χ3n) is 5.56. The molecule has 2 fully saturated rings. The molecule has 2 amide bonds. The van der Waals surface area contributed by atoms with Gasteiger partial charge in [-0.3, -0.25) is 9.59 Å². The fraction of sp³-hybridized carbons (Fsp3) is 0.684. The highest BCUT2D eigenvalue weighted by Gasteiger charge is 2.43. The molecule has 7 heteroatoms. The van der Waals surface area contributed by atoms with Crippen LogP contribution in [0.25, 0.3) is 0 Å². The molecule has 2 aliphatic rings. The van der Waals surface area contributed by atoms with Crippen LogP contribution in [0.1, 0.15) is 34.7 Å². The first-order valence-corrected chi connectivity index (χ1v) is 9.32. The molecular weight excluding hydrogens is 334 g/mol. The minimum absolute atomic E-state index is 0.0140. The SMILES string of the molecule is COCC1(C(=O)N2CCN(C(=O)c3cc(C)oc3C)CC2)CCNCC1. The van der Waals surface area contributed by atoms with Gasteiger partial charge in [0.2, 0.25) is 5.91 Å². The second-order valence-electron chi connectivity index (χ2n) is 7.37. The van der Waals surface area contributed by atoms with Crippen LogP contribution in [0.3, 0.4) is 0 Å². The van der Waals surface area contributed by atoms with Crippen molar-refractivity contribution >= 4 is 11.8 Å². The number of carbonyl (C=O) groups excluding carboxylic acids is 2. The van der Waals surface area contributed by atoms with Crippen LogP contribution < -0.4 is 5.32 Å². The summed E-state index contributed by atoms with van der Waals surface area (Å²) in [6.07, 6.45) is 1.60. The topological polar surface area (TPSA) is 75.0 Å². The van der Waals surface area contributed by atoms with Gasteiger partial charge < -0.3 is 24.3 Å². The number of rotatable bonds is 4. The summed E-state index contributed by atoms with van der Waals surface area (Å²) in [5.41, 5.74) is 0.196. The van der Waals surface area contributed by atoms with Gasteiger partial charge in [0, 0.05) is 33.3 Å². The van der Waals surface area contributed by atoms with E-state index in [-0.39, 0.29) is 11.8 Å². The van der Waals surface area contributed by atoms with Crippen molar-refractivity contribution in [1.82, 2.24) is 15.1 Å². The zero-order valence-electron chi connectivity index (χ0n) is 16.0. The van der Waals surface area contributed by atoms with Crippen LogP contribution in [0.5, 0.6) is 0 Å². The molecule has 0 aliphatic carbocycles. The number of ether oxygens (including phenoxy) is 1. The normalized spacial score (nSPS) is 20.3. The molecule has 1 N–H and O–H groups in total. The molecule has 1 aromatic rings. The van der Waals surface area contributed by atoms with Crippen molar-refractivity contribution in [1.29, 1.82) is 0 Å². The number of aryl methyl sites for hydroxylation is 2. The minimum atomic E-state index is -0.426. The van der Waals surface area contributed by atoms with Crippen LogP contribution in [0, 0.1) is 19.3 Å². The number of nitrogens with zero attached hydrogens (tertiary/aromatic N) is 2. The Bertz CT molecular complexity index is 650. The summed E-state index contributed by atoms with van der Waals surface area (Å²) in [6.45, 7) is 8.03. The van der Waals surface area contributed by atoms with E-state index in [1.165, 1.54) is 0 Å². The molecular formula is C19H29N3O4. The summed E-state index contributed by atoms with van der Waals surface area (Å²) < 4.78 is 10.9. The Morgan fingerprint density at radius 3 is 2.31 bits per heavy atom. The van der Waals surface area contributed by atoms with Gasteiger partial charge in [0.05, 0.1) is 17.6 Å². The summed E-state index contributed by atoms with van der Waals surface area (Å²) in [5, 5.41) is 3.32. The van der Waals surface area contributed by atoms with Gasteiger partial charge in [-0.1, -0.05) is 0 Å². The second-order valence-corrected chi connectivity index (χ2v) is 7.37. The number of piperazine rings is 1. The highest BCUT2D eigenvalue weighted by atomic mass is 16.5. The Kier molecular flexibility index (Phi) is 5.67. The van der Waals surface area contributed by atoms with Gasteiger partial charge in [-0.25, -0.2) is 0 Å². The molecule has 0 saturated carbocycles. The summed E-state index contributed by atoms with van der Waals surface area (Å²) >= 11 is 0. The van der Waals surface area contributed by atoms with Crippen molar-refractivity contribution in [3.8, 4) is 0 Å². The molecule has 0 spiro atoms. The van der Waals surface area contributed by atoms with Crippen LogP contribution in [0.15, 0.2) is 10.5 Å². The highest BCUT2D eigenvalue weighted by molar-refractivity contribution is 5.95. The lowest BCUT2D eigenvalue weighted by molar-refractivity contribution is -0.149. The van der Waals surface area contributed by atoms with Crippen molar-refractivity contribution in [3.05, 3.63) is 23.2 Å². The Hall–Kier alpha value is -1.86. The van der Waals surface area contributed by atoms with Gasteiger partial charge in [0.1, 0.15) is 11.5 Å². The largest absolute Gasteiger partial charge is 0.466 e. The van der Waals surface area contributed by atoms with Crippen LogP contribution in [-0.2, 0) is 9.53 Å². The van der Waals surface area contributed by atoms with E-state index >= 15 is 0 Å². The van der Waals surface area contributed by atoms with Crippen molar-refractivity contribution in [2.24, 2.45) is 5.41 Å². The van der Waals surface area contributed by atoms with E-state index in [4.69, 9.17) is 9.15 Å². The van der Waals surface area contributed by atoms with E-state index in [1.807, 2.05) is 23.6 Å². The molecule has 0 atom stereocenters. The number of amides is 2. The Labute approximate surface area is 154 Å². The van der Waals surface area contributed by atoms with Crippen molar-refractivity contribution in [3.63, 3.8) is 0 Å². The predicted octanol–water partition coefficient (Wildman–Crippen LogP) is 1.20. The van der Waals surface area contributed by atoms with Gasteiger partial charge in [0.25, 0.3) is 5.91 Å². The van der Waals surface area contributed by atoms with E-state index in [0.29, 0.717) is 44.1 Å². The Morgan fingerprint density at radius 2 is 1.77 bits per heavy atom. The fourth-order valence-electron chi connectivity index (χ4n) is 4.06. The summed E-state index contributed by atoms with van der Waals surface area (Å²) in [7, 11) is 1.66. The summed E-state index contributed by atoms with van der Waals surface area (Å²) in [5.74, 6) is 1.55. The molecule has 2 aliphatic heterocycles. The van der Waals surface area contributed by atoms with Gasteiger partial charge in [0.15, 0.2) is 0 Å². The minimum Gasteiger partial charge on any atom is -0.466 e.